The molecule has 0 atom stereocenters. The van der Waals surface area contributed by atoms with Gasteiger partial charge in [-0.15, -0.1) is 0 Å². The molecular formula is C14H22N2O2. The number of carbonyl (C=O) groups excluding carboxylic acids is 1. The molecule has 4 heteroatoms. The highest BCUT2D eigenvalue weighted by Gasteiger charge is 2.42. The second-order valence-corrected chi connectivity index (χ2v) is 5.73. The fraction of sp³-hybridized carbons (Fsp3) is 0.500. The molecule has 1 aromatic carbocycles. The third-order valence-electron chi connectivity index (χ3n) is 3.67. The lowest BCUT2D eigenvalue weighted by Gasteiger charge is -2.39. The highest BCUT2D eigenvalue weighted by molar-refractivity contribution is 5.97. The van der Waals surface area contributed by atoms with Crippen LogP contribution in [0.1, 0.15) is 27.7 Å². The number of hydrogen-bond donors (Lipinski definition) is 2. The van der Waals surface area contributed by atoms with Crippen molar-refractivity contribution >= 4 is 11.6 Å². The van der Waals surface area contributed by atoms with Gasteiger partial charge >= 0.3 is 0 Å². The van der Waals surface area contributed by atoms with Crippen LogP contribution in [0.25, 0.3) is 0 Å². The number of aromatic hydroxyl groups is 1. The van der Waals surface area contributed by atoms with Crippen molar-refractivity contribution in [1.82, 2.24) is 0 Å². The van der Waals surface area contributed by atoms with Crippen LogP contribution in [0.15, 0.2) is 24.3 Å². The summed E-state index contributed by atoms with van der Waals surface area (Å²) < 4.78 is 0. The van der Waals surface area contributed by atoms with E-state index in [0.29, 0.717) is 5.69 Å². The molecule has 1 aromatic rings. The molecule has 18 heavy (non-hydrogen) atoms. The normalized spacial score (nSPS) is 12.3. The summed E-state index contributed by atoms with van der Waals surface area (Å²) in [5, 5.41) is 9.44. The predicted molar refractivity (Wildman–Crippen MR) is 73.6 cm³/mol. The molecule has 0 aliphatic heterocycles. The van der Waals surface area contributed by atoms with Crippen molar-refractivity contribution in [2.24, 2.45) is 11.1 Å². The first-order chi connectivity index (χ1) is 8.07. The molecule has 100 valence electrons. The van der Waals surface area contributed by atoms with Crippen LogP contribution in [0.5, 0.6) is 5.75 Å². The molecule has 0 aliphatic carbocycles. The highest BCUT2D eigenvalue weighted by atomic mass is 16.3. The topological polar surface area (TPSA) is 66.6 Å². The molecule has 1 amide bonds. The van der Waals surface area contributed by atoms with Crippen molar-refractivity contribution in [1.29, 1.82) is 0 Å². The molecule has 0 saturated heterocycles. The van der Waals surface area contributed by atoms with Crippen LogP contribution in [0, 0.1) is 5.41 Å². The average molecular weight is 250 g/mol. The van der Waals surface area contributed by atoms with Gasteiger partial charge in [0.15, 0.2) is 0 Å². The zero-order valence-corrected chi connectivity index (χ0v) is 11.7. The Hall–Kier alpha value is -1.55. The van der Waals surface area contributed by atoms with Crippen LogP contribution in [0.2, 0.25) is 0 Å². The predicted octanol–water partition coefficient (Wildman–Crippen LogP) is 2.12. The molecule has 0 radical (unpaired) electrons. The quantitative estimate of drug-likeness (QED) is 0.863. The Morgan fingerprint density at radius 2 is 1.83 bits per heavy atom. The molecule has 0 unspecified atom stereocenters. The third-order valence-corrected chi connectivity index (χ3v) is 3.67. The van der Waals surface area contributed by atoms with Gasteiger partial charge in [0.25, 0.3) is 0 Å². The van der Waals surface area contributed by atoms with Crippen LogP contribution >= 0.6 is 0 Å². The Balaban J connectivity index is 3.05. The van der Waals surface area contributed by atoms with Gasteiger partial charge in [-0.05, 0) is 39.8 Å². The van der Waals surface area contributed by atoms with Gasteiger partial charge in [0.05, 0.1) is 5.41 Å². The molecule has 0 saturated carbocycles. The van der Waals surface area contributed by atoms with E-state index in [2.05, 4.69) is 0 Å². The third kappa shape index (κ3) is 2.64. The summed E-state index contributed by atoms with van der Waals surface area (Å²) in [6, 6.07) is 6.60. The van der Waals surface area contributed by atoms with Gasteiger partial charge in [0.1, 0.15) is 5.75 Å². The lowest BCUT2D eigenvalue weighted by molar-refractivity contribution is -0.129. The van der Waals surface area contributed by atoms with E-state index in [1.807, 2.05) is 27.7 Å². The van der Waals surface area contributed by atoms with E-state index in [4.69, 9.17) is 5.73 Å². The van der Waals surface area contributed by atoms with E-state index >= 15 is 0 Å². The van der Waals surface area contributed by atoms with Crippen LogP contribution in [-0.4, -0.2) is 23.6 Å². The number of benzene rings is 1. The van der Waals surface area contributed by atoms with E-state index in [9.17, 15) is 9.90 Å². The summed E-state index contributed by atoms with van der Waals surface area (Å²) in [6.07, 6.45) is 0. The summed E-state index contributed by atoms with van der Waals surface area (Å²) in [7, 11) is 1.69. The number of nitrogens with two attached hydrogens (primary N) is 1. The monoisotopic (exact) mass is 250 g/mol. The number of hydrogen-bond acceptors (Lipinski definition) is 3. The van der Waals surface area contributed by atoms with Gasteiger partial charge < -0.3 is 15.7 Å². The molecule has 4 nitrogen and oxygen atoms in total. The maximum atomic E-state index is 12.5. The summed E-state index contributed by atoms with van der Waals surface area (Å²) in [4.78, 5) is 14.0. The lowest BCUT2D eigenvalue weighted by atomic mass is 9.74. The molecule has 0 aliphatic rings. The molecular weight excluding hydrogens is 228 g/mol. The average Bonchev–Trinajstić information content (AvgIpc) is 2.25. The summed E-state index contributed by atoms with van der Waals surface area (Å²) in [6.45, 7) is 7.33. The standard InChI is InChI=1S/C14H22N2O2/c1-13(2,14(3,4)15)12(18)16(5)10-7-6-8-11(17)9-10/h6-9,17H,15H2,1-5H3. The van der Waals surface area contributed by atoms with Crippen molar-refractivity contribution < 1.29 is 9.90 Å². The van der Waals surface area contributed by atoms with E-state index in [1.165, 1.54) is 4.90 Å². The minimum Gasteiger partial charge on any atom is -0.508 e. The van der Waals surface area contributed by atoms with Crippen molar-refractivity contribution in [2.75, 3.05) is 11.9 Å². The molecule has 0 spiro atoms. The van der Waals surface area contributed by atoms with Gasteiger partial charge in [-0.1, -0.05) is 6.07 Å². The van der Waals surface area contributed by atoms with Crippen LogP contribution in [0.4, 0.5) is 5.69 Å². The lowest BCUT2D eigenvalue weighted by Crippen LogP contribution is -2.56. The highest BCUT2D eigenvalue weighted by Crippen LogP contribution is 2.32. The number of amides is 1. The number of carbonyl (C=O) groups is 1. The van der Waals surface area contributed by atoms with E-state index in [0.717, 1.165) is 0 Å². The van der Waals surface area contributed by atoms with Crippen molar-refractivity contribution in [3.8, 4) is 5.75 Å². The van der Waals surface area contributed by atoms with Crippen LogP contribution < -0.4 is 10.6 Å². The number of anilines is 1. The van der Waals surface area contributed by atoms with Gasteiger partial charge in [0, 0.05) is 24.3 Å². The second-order valence-electron chi connectivity index (χ2n) is 5.73. The zero-order valence-electron chi connectivity index (χ0n) is 11.7. The van der Waals surface area contributed by atoms with E-state index in [1.54, 1.807) is 31.3 Å². The van der Waals surface area contributed by atoms with Crippen molar-refractivity contribution in [3.63, 3.8) is 0 Å². The first-order valence-corrected chi connectivity index (χ1v) is 5.93. The second kappa shape index (κ2) is 4.61. The Bertz CT molecular complexity index is 447. The number of phenolic OH excluding ortho intramolecular Hbond substituents is 1. The first-order valence-electron chi connectivity index (χ1n) is 5.93. The summed E-state index contributed by atoms with van der Waals surface area (Å²) >= 11 is 0. The maximum Gasteiger partial charge on any atom is 0.234 e. The van der Waals surface area contributed by atoms with Crippen LogP contribution in [0.3, 0.4) is 0 Å². The van der Waals surface area contributed by atoms with Gasteiger partial charge in [-0.2, -0.15) is 0 Å². The molecule has 0 aromatic heterocycles. The first kappa shape index (κ1) is 14.5. The van der Waals surface area contributed by atoms with Gasteiger partial charge in [-0.25, -0.2) is 0 Å². The van der Waals surface area contributed by atoms with Crippen LogP contribution in [-0.2, 0) is 4.79 Å². The molecule has 3 N–H and O–H groups in total. The fourth-order valence-corrected chi connectivity index (χ4v) is 1.51. The summed E-state index contributed by atoms with van der Waals surface area (Å²) in [5.41, 5.74) is 5.38. The van der Waals surface area contributed by atoms with Gasteiger partial charge in [-0.3, -0.25) is 4.79 Å². The minimum atomic E-state index is -0.701. The number of phenols is 1. The number of rotatable bonds is 3. The minimum absolute atomic E-state index is 0.0828. The fourth-order valence-electron chi connectivity index (χ4n) is 1.51. The molecule has 0 heterocycles. The maximum absolute atomic E-state index is 12.5. The van der Waals surface area contributed by atoms with E-state index in [-0.39, 0.29) is 11.7 Å². The molecule has 1 rings (SSSR count). The zero-order chi connectivity index (χ0) is 14.1. The van der Waals surface area contributed by atoms with Crippen molar-refractivity contribution in [2.45, 2.75) is 33.2 Å². The number of nitrogens with zero attached hydrogens (tertiary/aromatic N) is 1. The summed E-state index contributed by atoms with van der Waals surface area (Å²) in [5.74, 6) is 0.0533. The Morgan fingerprint density at radius 1 is 1.28 bits per heavy atom. The van der Waals surface area contributed by atoms with Gasteiger partial charge in [0.2, 0.25) is 5.91 Å². The van der Waals surface area contributed by atoms with E-state index < -0.39 is 11.0 Å². The molecule has 0 fully saturated rings. The Morgan fingerprint density at radius 3 is 2.28 bits per heavy atom. The smallest absolute Gasteiger partial charge is 0.234 e. The largest absolute Gasteiger partial charge is 0.508 e. The molecule has 0 bridgehead atoms. The SMILES string of the molecule is CN(C(=O)C(C)(C)C(C)(C)N)c1cccc(O)c1. The van der Waals surface area contributed by atoms with Crippen molar-refractivity contribution in [3.05, 3.63) is 24.3 Å². The Labute approximate surface area is 108 Å². The Kier molecular flexibility index (Phi) is 3.72.